The van der Waals surface area contributed by atoms with Gasteiger partial charge in [0.25, 0.3) is 0 Å². The molecule has 1 heterocycles. The molecule has 0 N–H and O–H groups in total. The highest BCUT2D eigenvalue weighted by Gasteiger charge is 2.46. The van der Waals surface area contributed by atoms with Crippen molar-refractivity contribution < 1.29 is 38.1 Å². The van der Waals surface area contributed by atoms with Crippen molar-refractivity contribution in [2.24, 2.45) is 10.9 Å². The number of benzene rings is 2. The van der Waals surface area contributed by atoms with Gasteiger partial charge in [0, 0.05) is 30.7 Å². The molecule has 0 amide bonds. The van der Waals surface area contributed by atoms with E-state index in [4.69, 9.17) is 28.7 Å². The van der Waals surface area contributed by atoms with Crippen molar-refractivity contribution in [3.63, 3.8) is 0 Å². The van der Waals surface area contributed by atoms with Gasteiger partial charge in [-0.15, -0.1) is 0 Å². The molecule has 0 spiro atoms. The molecule has 40 heavy (non-hydrogen) atoms. The maximum Gasteiger partial charge on any atom is 0.336 e. The number of ether oxygens (including phenoxy) is 5. The number of allylic oxidation sites excluding steroid dienone is 1. The third kappa shape index (κ3) is 5.73. The normalized spacial score (nSPS) is 20.3. The van der Waals surface area contributed by atoms with E-state index in [1.165, 1.54) is 6.92 Å². The summed E-state index contributed by atoms with van der Waals surface area (Å²) in [6, 6.07) is 10.8. The third-order valence-corrected chi connectivity index (χ3v) is 7.21. The van der Waals surface area contributed by atoms with Crippen LogP contribution in [-0.4, -0.2) is 50.9 Å². The minimum absolute atomic E-state index is 0.0221. The van der Waals surface area contributed by atoms with Crippen molar-refractivity contribution in [1.29, 1.82) is 0 Å². The van der Waals surface area contributed by atoms with Gasteiger partial charge in [-0.25, -0.2) is 4.79 Å². The fourth-order valence-corrected chi connectivity index (χ4v) is 5.58. The first-order valence-electron chi connectivity index (χ1n) is 13.4. The Hall–Kier alpha value is -4.14. The van der Waals surface area contributed by atoms with Gasteiger partial charge in [-0.05, 0) is 68.5 Å². The Kier molecular flexibility index (Phi) is 8.92. The average molecular weight is 550 g/mol. The van der Waals surface area contributed by atoms with E-state index in [1.54, 1.807) is 46.3 Å². The lowest BCUT2D eigenvalue weighted by atomic mass is 9.66. The summed E-state index contributed by atoms with van der Waals surface area (Å²) in [4.78, 5) is 43.6. The lowest BCUT2D eigenvalue weighted by Crippen LogP contribution is -2.41. The molecule has 212 valence electrons. The number of carbonyl (C=O) groups is 3. The number of fused-ring (bicyclic) bond motifs is 1. The van der Waals surface area contributed by atoms with Crippen molar-refractivity contribution in [2.75, 3.05) is 27.4 Å². The van der Waals surface area contributed by atoms with E-state index in [9.17, 15) is 14.4 Å². The van der Waals surface area contributed by atoms with Gasteiger partial charge in [-0.3, -0.25) is 14.6 Å². The molecule has 1 unspecified atom stereocenters. The Bertz CT molecular complexity index is 1380. The predicted octanol–water partition coefficient (Wildman–Crippen LogP) is 5.17. The summed E-state index contributed by atoms with van der Waals surface area (Å²) in [5, 5.41) is 0. The van der Waals surface area contributed by atoms with Gasteiger partial charge in [-0.2, -0.15) is 0 Å². The molecule has 9 nitrogen and oxygen atoms in total. The Morgan fingerprint density at radius 3 is 2.20 bits per heavy atom. The lowest BCUT2D eigenvalue weighted by Gasteiger charge is -2.38. The number of Topliss-reactive ketones (excluding diaryl/α,β-unsaturated/α-hetero) is 1. The van der Waals surface area contributed by atoms with Gasteiger partial charge in [0.1, 0.15) is 5.78 Å². The van der Waals surface area contributed by atoms with Gasteiger partial charge in [0.15, 0.2) is 23.0 Å². The highest BCUT2D eigenvalue weighted by molar-refractivity contribution is 6.12. The fourth-order valence-electron chi connectivity index (χ4n) is 5.58. The van der Waals surface area contributed by atoms with Crippen LogP contribution in [-0.2, 0) is 19.1 Å². The molecule has 2 aromatic carbocycles. The molecule has 0 saturated heterocycles. The molecule has 3 atom stereocenters. The number of nitrogens with zero attached hydrogens (tertiary/aromatic N) is 1. The smallest absolute Gasteiger partial charge is 0.336 e. The van der Waals surface area contributed by atoms with Gasteiger partial charge < -0.3 is 23.7 Å². The van der Waals surface area contributed by atoms with E-state index in [0.717, 1.165) is 5.56 Å². The first-order valence-corrected chi connectivity index (χ1v) is 13.4. The quantitative estimate of drug-likeness (QED) is 0.311. The number of rotatable bonds is 9. The van der Waals surface area contributed by atoms with E-state index in [1.807, 2.05) is 25.1 Å². The van der Waals surface area contributed by atoms with Crippen molar-refractivity contribution >= 4 is 23.4 Å². The molecule has 1 aliphatic heterocycles. The van der Waals surface area contributed by atoms with E-state index in [-0.39, 0.29) is 30.5 Å². The minimum Gasteiger partial charge on any atom is -0.493 e. The topological polar surface area (TPSA) is 110 Å². The SMILES string of the molecule is CCOC(=O)C1=C(C)N=C2C[C@H](c3ccc(OC)c(OC)c3)CC(=O)C2[C@@H]1c1ccc(OC(C)=O)c(OCC)c1. The summed E-state index contributed by atoms with van der Waals surface area (Å²) in [6.07, 6.45) is 0.814. The zero-order valence-electron chi connectivity index (χ0n) is 23.7. The number of hydrogen-bond acceptors (Lipinski definition) is 9. The van der Waals surface area contributed by atoms with Crippen LogP contribution in [0, 0.1) is 5.92 Å². The summed E-state index contributed by atoms with van der Waals surface area (Å²) in [5.74, 6) is -0.564. The van der Waals surface area contributed by atoms with Crippen molar-refractivity contribution in [1.82, 2.24) is 0 Å². The van der Waals surface area contributed by atoms with Crippen LogP contribution in [0.1, 0.15) is 63.5 Å². The van der Waals surface area contributed by atoms with E-state index < -0.39 is 23.8 Å². The molecule has 1 aliphatic carbocycles. The van der Waals surface area contributed by atoms with Crippen LogP contribution in [0.3, 0.4) is 0 Å². The predicted molar refractivity (Wildman–Crippen MR) is 148 cm³/mol. The van der Waals surface area contributed by atoms with Crippen LogP contribution in [0.2, 0.25) is 0 Å². The maximum atomic E-state index is 13.9. The van der Waals surface area contributed by atoms with Crippen LogP contribution in [0.5, 0.6) is 23.0 Å². The zero-order valence-corrected chi connectivity index (χ0v) is 23.7. The standard InChI is InChI=1S/C31H35NO8/c1-7-38-27-16-20(10-12-25(27)40-18(4)33)29-28(31(35)39-8-2)17(3)32-22-13-21(14-23(34)30(22)29)19-9-11-24(36-5)26(15-19)37-6/h9-12,15-16,21,29-30H,7-8,13-14H2,1-6H3/t21-,29+,30?/m0/s1. The van der Waals surface area contributed by atoms with Gasteiger partial charge in [0.2, 0.25) is 0 Å². The van der Waals surface area contributed by atoms with Crippen molar-refractivity contribution in [3.05, 3.63) is 58.8 Å². The molecular weight excluding hydrogens is 514 g/mol. The van der Waals surface area contributed by atoms with Crippen molar-refractivity contribution in [2.45, 2.75) is 52.4 Å². The molecule has 0 radical (unpaired) electrons. The Morgan fingerprint density at radius 1 is 0.875 bits per heavy atom. The summed E-state index contributed by atoms with van der Waals surface area (Å²) in [5.41, 5.74) is 3.20. The Morgan fingerprint density at radius 2 is 1.55 bits per heavy atom. The molecule has 4 rings (SSSR count). The minimum atomic E-state index is -0.645. The van der Waals surface area contributed by atoms with Crippen LogP contribution < -0.4 is 18.9 Å². The Balaban J connectivity index is 1.79. The Labute approximate surface area is 234 Å². The summed E-state index contributed by atoms with van der Waals surface area (Å²) >= 11 is 0. The van der Waals surface area contributed by atoms with Crippen LogP contribution in [0.4, 0.5) is 0 Å². The monoisotopic (exact) mass is 549 g/mol. The van der Waals surface area contributed by atoms with Crippen molar-refractivity contribution in [3.8, 4) is 23.0 Å². The zero-order chi connectivity index (χ0) is 29.0. The molecule has 1 saturated carbocycles. The average Bonchev–Trinajstić information content (AvgIpc) is 2.92. The highest BCUT2D eigenvalue weighted by atomic mass is 16.6. The fraction of sp³-hybridized carbons (Fsp3) is 0.419. The molecule has 1 fully saturated rings. The summed E-state index contributed by atoms with van der Waals surface area (Å²) in [6.45, 7) is 7.17. The second kappa shape index (κ2) is 12.4. The highest BCUT2D eigenvalue weighted by Crippen LogP contribution is 2.48. The van der Waals surface area contributed by atoms with E-state index in [2.05, 4.69) is 0 Å². The summed E-state index contributed by atoms with van der Waals surface area (Å²) in [7, 11) is 3.16. The molecular formula is C31H35NO8. The number of esters is 2. The number of ketones is 1. The molecule has 9 heteroatoms. The van der Waals surface area contributed by atoms with Crippen LogP contribution in [0.25, 0.3) is 0 Å². The number of hydrogen-bond donors (Lipinski definition) is 0. The van der Waals surface area contributed by atoms with Crippen LogP contribution in [0.15, 0.2) is 52.7 Å². The largest absolute Gasteiger partial charge is 0.493 e. The second-order valence-corrected chi connectivity index (χ2v) is 9.70. The molecule has 2 aliphatic rings. The first-order chi connectivity index (χ1) is 19.2. The lowest BCUT2D eigenvalue weighted by molar-refractivity contribution is -0.139. The number of carbonyl (C=O) groups excluding carboxylic acids is 3. The molecule has 0 bridgehead atoms. The van der Waals surface area contributed by atoms with E-state index in [0.29, 0.717) is 52.8 Å². The maximum absolute atomic E-state index is 13.9. The molecule has 0 aromatic heterocycles. The first kappa shape index (κ1) is 28.9. The molecule has 2 aromatic rings. The van der Waals surface area contributed by atoms with E-state index >= 15 is 0 Å². The van der Waals surface area contributed by atoms with Gasteiger partial charge in [-0.1, -0.05) is 12.1 Å². The summed E-state index contributed by atoms with van der Waals surface area (Å²) < 4.78 is 27.3. The van der Waals surface area contributed by atoms with Gasteiger partial charge >= 0.3 is 11.9 Å². The number of methoxy groups -OCH3 is 2. The number of aliphatic imine (C=N–C) groups is 1. The van der Waals surface area contributed by atoms with Gasteiger partial charge in [0.05, 0.1) is 38.9 Å². The third-order valence-electron chi connectivity index (χ3n) is 7.21. The van der Waals surface area contributed by atoms with Crippen LogP contribution >= 0.6 is 0 Å². The second-order valence-electron chi connectivity index (χ2n) is 9.70.